The Bertz CT molecular complexity index is 1040. The van der Waals surface area contributed by atoms with Crippen molar-refractivity contribution >= 4 is 28.3 Å². The van der Waals surface area contributed by atoms with E-state index in [1.807, 2.05) is 35.4 Å². The minimum atomic E-state index is -0.0997. The van der Waals surface area contributed by atoms with E-state index in [1.165, 1.54) is 0 Å². The van der Waals surface area contributed by atoms with Gasteiger partial charge in [0.05, 0.1) is 11.2 Å². The SMILES string of the molecule is O=C(Nc1ccc2c(c1)OCCO2)N1CCN(c2cccc3cccnc23)CC1. The molecule has 0 bridgehead atoms. The van der Waals surface area contributed by atoms with Crippen LogP contribution in [0.25, 0.3) is 10.9 Å². The van der Waals surface area contributed by atoms with E-state index in [-0.39, 0.29) is 6.03 Å². The van der Waals surface area contributed by atoms with Crippen molar-refractivity contribution in [3.05, 3.63) is 54.7 Å². The maximum absolute atomic E-state index is 12.7. The fourth-order valence-electron chi connectivity index (χ4n) is 3.82. The molecule has 2 aromatic carbocycles. The molecular formula is C22H22N4O3. The quantitative estimate of drug-likeness (QED) is 0.727. The third-order valence-electron chi connectivity index (χ3n) is 5.31. The van der Waals surface area contributed by atoms with E-state index >= 15 is 0 Å². The standard InChI is InChI=1S/C22H22N4O3/c27-22(24-17-6-7-19-20(15-17)29-14-13-28-19)26-11-9-25(10-12-26)18-5-1-3-16-4-2-8-23-21(16)18/h1-8,15H,9-14H2,(H,24,27). The van der Waals surface area contributed by atoms with Gasteiger partial charge in [-0.3, -0.25) is 4.98 Å². The van der Waals surface area contributed by atoms with Crippen LogP contribution in [-0.4, -0.2) is 55.3 Å². The Morgan fingerprint density at radius 3 is 2.59 bits per heavy atom. The second kappa shape index (κ2) is 7.50. The smallest absolute Gasteiger partial charge is 0.321 e. The number of amides is 2. The van der Waals surface area contributed by atoms with Crippen LogP contribution in [0.4, 0.5) is 16.2 Å². The average molecular weight is 390 g/mol. The summed E-state index contributed by atoms with van der Waals surface area (Å²) in [7, 11) is 0. The van der Waals surface area contributed by atoms with E-state index in [9.17, 15) is 4.79 Å². The number of aromatic nitrogens is 1. The summed E-state index contributed by atoms with van der Waals surface area (Å²) in [6, 6.07) is 15.6. The second-order valence-corrected chi connectivity index (χ2v) is 7.11. The van der Waals surface area contributed by atoms with Crippen LogP contribution in [0.5, 0.6) is 11.5 Å². The number of fused-ring (bicyclic) bond motifs is 2. The van der Waals surface area contributed by atoms with Crippen molar-refractivity contribution in [2.24, 2.45) is 0 Å². The number of benzene rings is 2. The van der Waals surface area contributed by atoms with Crippen LogP contribution in [0.2, 0.25) is 0 Å². The van der Waals surface area contributed by atoms with Crippen LogP contribution in [0, 0.1) is 0 Å². The Kier molecular flexibility index (Phi) is 4.56. The van der Waals surface area contributed by atoms with Crippen molar-refractivity contribution in [2.45, 2.75) is 0 Å². The maximum atomic E-state index is 12.7. The number of rotatable bonds is 2. The lowest BCUT2D eigenvalue weighted by molar-refractivity contribution is 0.171. The summed E-state index contributed by atoms with van der Waals surface area (Å²) >= 11 is 0. The molecule has 1 fully saturated rings. The molecule has 29 heavy (non-hydrogen) atoms. The highest BCUT2D eigenvalue weighted by atomic mass is 16.6. The summed E-state index contributed by atoms with van der Waals surface area (Å²) in [4.78, 5) is 21.4. The van der Waals surface area contributed by atoms with Crippen molar-refractivity contribution < 1.29 is 14.3 Å². The molecule has 0 unspecified atom stereocenters. The first-order valence-corrected chi connectivity index (χ1v) is 9.82. The number of anilines is 2. The zero-order chi connectivity index (χ0) is 19.6. The fourth-order valence-corrected chi connectivity index (χ4v) is 3.82. The molecule has 148 valence electrons. The predicted molar refractivity (Wildman–Crippen MR) is 112 cm³/mol. The third kappa shape index (κ3) is 3.51. The van der Waals surface area contributed by atoms with E-state index in [0.717, 1.165) is 29.7 Å². The fraction of sp³-hybridized carbons (Fsp3) is 0.273. The molecule has 0 spiro atoms. The van der Waals surface area contributed by atoms with Gasteiger partial charge in [-0.1, -0.05) is 18.2 Å². The minimum Gasteiger partial charge on any atom is -0.486 e. The molecule has 1 saturated heterocycles. The second-order valence-electron chi connectivity index (χ2n) is 7.11. The number of nitrogens with zero attached hydrogens (tertiary/aromatic N) is 3. The minimum absolute atomic E-state index is 0.0997. The molecule has 2 amide bonds. The van der Waals surface area contributed by atoms with Crippen LogP contribution < -0.4 is 19.7 Å². The lowest BCUT2D eigenvalue weighted by atomic mass is 10.1. The van der Waals surface area contributed by atoms with Gasteiger partial charge in [-0.2, -0.15) is 0 Å². The first kappa shape index (κ1) is 17.6. The van der Waals surface area contributed by atoms with Crippen molar-refractivity contribution in [3.63, 3.8) is 0 Å². The van der Waals surface area contributed by atoms with Gasteiger partial charge in [0.1, 0.15) is 13.2 Å². The molecule has 5 rings (SSSR count). The summed E-state index contributed by atoms with van der Waals surface area (Å²) in [5.41, 5.74) is 2.83. The van der Waals surface area contributed by atoms with E-state index in [0.29, 0.717) is 43.5 Å². The lowest BCUT2D eigenvalue weighted by Gasteiger charge is -2.36. The van der Waals surface area contributed by atoms with Crippen LogP contribution in [0.3, 0.4) is 0 Å². The number of para-hydroxylation sites is 1. The largest absolute Gasteiger partial charge is 0.486 e. The van der Waals surface area contributed by atoms with Gasteiger partial charge in [0.15, 0.2) is 11.5 Å². The molecule has 2 aliphatic rings. The molecule has 0 radical (unpaired) electrons. The van der Waals surface area contributed by atoms with Crippen molar-refractivity contribution in [1.29, 1.82) is 0 Å². The Morgan fingerprint density at radius 2 is 1.72 bits per heavy atom. The van der Waals surface area contributed by atoms with Gasteiger partial charge in [-0.15, -0.1) is 0 Å². The molecule has 2 aliphatic heterocycles. The number of ether oxygens (including phenoxy) is 2. The molecule has 3 heterocycles. The normalized spacial score (nSPS) is 16.0. The maximum Gasteiger partial charge on any atom is 0.321 e. The van der Waals surface area contributed by atoms with Gasteiger partial charge in [0.25, 0.3) is 0 Å². The van der Waals surface area contributed by atoms with Crippen LogP contribution in [-0.2, 0) is 0 Å². The van der Waals surface area contributed by atoms with Gasteiger partial charge >= 0.3 is 6.03 Å². The lowest BCUT2D eigenvalue weighted by Crippen LogP contribution is -2.50. The number of piperazine rings is 1. The number of nitrogens with one attached hydrogen (secondary N) is 1. The van der Waals surface area contributed by atoms with E-state index in [4.69, 9.17) is 9.47 Å². The van der Waals surface area contributed by atoms with Gasteiger partial charge in [-0.25, -0.2) is 4.79 Å². The van der Waals surface area contributed by atoms with Gasteiger partial charge in [0, 0.05) is 49.5 Å². The monoisotopic (exact) mass is 390 g/mol. The topological polar surface area (TPSA) is 66.9 Å². The van der Waals surface area contributed by atoms with E-state index < -0.39 is 0 Å². The number of carbonyl (C=O) groups excluding carboxylic acids is 1. The Morgan fingerprint density at radius 1 is 0.931 bits per heavy atom. The highest BCUT2D eigenvalue weighted by molar-refractivity contribution is 5.92. The number of hydrogen-bond donors (Lipinski definition) is 1. The predicted octanol–water partition coefficient (Wildman–Crippen LogP) is 3.36. The Labute approximate surface area is 168 Å². The van der Waals surface area contributed by atoms with E-state index in [1.54, 1.807) is 0 Å². The van der Waals surface area contributed by atoms with Gasteiger partial charge in [0.2, 0.25) is 0 Å². The highest BCUT2D eigenvalue weighted by Gasteiger charge is 2.23. The molecule has 3 aromatic rings. The number of urea groups is 1. The zero-order valence-corrected chi connectivity index (χ0v) is 16.0. The summed E-state index contributed by atoms with van der Waals surface area (Å²) in [6.07, 6.45) is 1.82. The van der Waals surface area contributed by atoms with E-state index in [2.05, 4.69) is 39.5 Å². The van der Waals surface area contributed by atoms with Gasteiger partial charge in [-0.05, 0) is 24.3 Å². The van der Waals surface area contributed by atoms with Gasteiger partial charge < -0.3 is 24.6 Å². The molecule has 1 aromatic heterocycles. The number of carbonyl (C=O) groups is 1. The highest BCUT2D eigenvalue weighted by Crippen LogP contribution is 2.32. The zero-order valence-electron chi connectivity index (χ0n) is 16.0. The molecule has 0 atom stereocenters. The van der Waals surface area contributed by atoms with Crippen LogP contribution >= 0.6 is 0 Å². The summed E-state index contributed by atoms with van der Waals surface area (Å²) < 4.78 is 11.1. The molecule has 0 saturated carbocycles. The average Bonchev–Trinajstić information content (AvgIpc) is 2.79. The Hall–Kier alpha value is -3.48. The number of hydrogen-bond acceptors (Lipinski definition) is 5. The molecular weight excluding hydrogens is 368 g/mol. The van der Waals surface area contributed by atoms with Crippen molar-refractivity contribution in [2.75, 3.05) is 49.6 Å². The Balaban J connectivity index is 1.24. The van der Waals surface area contributed by atoms with Crippen LogP contribution in [0.1, 0.15) is 0 Å². The first-order valence-electron chi connectivity index (χ1n) is 9.82. The molecule has 0 aliphatic carbocycles. The first-order chi connectivity index (χ1) is 14.3. The molecule has 7 heteroatoms. The van der Waals surface area contributed by atoms with Crippen molar-refractivity contribution in [1.82, 2.24) is 9.88 Å². The van der Waals surface area contributed by atoms with Crippen LogP contribution in [0.15, 0.2) is 54.7 Å². The summed E-state index contributed by atoms with van der Waals surface area (Å²) in [5.74, 6) is 1.38. The molecule has 1 N–H and O–H groups in total. The summed E-state index contributed by atoms with van der Waals surface area (Å²) in [6.45, 7) is 3.91. The molecule has 7 nitrogen and oxygen atoms in total. The van der Waals surface area contributed by atoms with Crippen molar-refractivity contribution in [3.8, 4) is 11.5 Å². The number of pyridine rings is 1. The third-order valence-corrected chi connectivity index (χ3v) is 5.31. The summed E-state index contributed by atoms with van der Waals surface area (Å²) in [5, 5.41) is 4.10.